The largest absolute Gasteiger partial charge is 0.356 e. The molecule has 0 bridgehead atoms. The summed E-state index contributed by atoms with van der Waals surface area (Å²) in [4.78, 5) is 7.07. The van der Waals surface area contributed by atoms with Gasteiger partial charge in [-0.15, -0.1) is 12.4 Å². The van der Waals surface area contributed by atoms with Gasteiger partial charge >= 0.3 is 0 Å². The Balaban J connectivity index is 0.00000120. The number of benzene rings is 1. The van der Waals surface area contributed by atoms with Gasteiger partial charge in [0.2, 0.25) is 0 Å². The first kappa shape index (κ1) is 14.0. The normalized spacial score (nSPS) is 18.1. The first-order valence-electron chi connectivity index (χ1n) is 6.05. The number of hydrogen-bond acceptors (Lipinski definition) is 2. The van der Waals surface area contributed by atoms with Gasteiger partial charge in [-0.25, -0.2) is 4.99 Å². The van der Waals surface area contributed by atoms with Crippen LogP contribution in [0.4, 0.5) is 5.69 Å². The number of hydrogen-bond donors (Lipinski definition) is 0. The number of fused-ring (bicyclic) bond motifs is 2. The van der Waals surface area contributed by atoms with Gasteiger partial charge in [-0.05, 0) is 25.0 Å². The number of rotatable bonds is 0. The van der Waals surface area contributed by atoms with E-state index >= 15 is 0 Å². The molecule has 0 aromatic heterocycles. The fourth-order valence-electron chi connectivity index (χ4n) is 2.51. The molecule has 0 aliphatic carbocycles. The van der Waals surface area contributed by atoms with Crippen LogP contribution >= 0.6 is 35.6 Å². The summed E-state index contributed by atoms with van der Waals surface area (Å²) < 4.78 is 0. The lowest BCUT2D eigenvalue weighted by atomic mass is 10.1. The minimum absolute atomic E-state index is 0. The molecule has 1 aromatic rings. The van der Waals surface area contributed by atoms with E-state index in [1.165, 1.54) is 25.1 Å². The minimum atomic E-state index is 0. The lowest BCUT2D eigenvalue weighted by molar-refractivity contribution is 0.403. The van der Waals surface area contributed by atoms with Gasteiger partial charge in [0.1, 0.15) is 5.84 Å². The molecular weight excluding hydrogens is 291 g/mol. The van der Waals surface area contributed by atoms with Crippen LogP contribution in [-0.2, 0) is 6.54 Å². The maximum absolute atomic E-state index is 6.26. The Morgan fingerprint density at radius 2 is 1.94 bits per heavy atom. The van der Waals surface area contributed by atoms with E-state index in [9.17, 15) is 0 Å². The molecule has 0 unspecified atom stereocenters. The lowest BCUT2D eigenvalue weighted by Crippen LogP contribution is -2.32. The summed E-state index contributed by atoms with van der Waals surface area (Å²) >= 11 is 12.3. The van der Waals surface area contributed by atoms with Crippen molar-refractivity contribution in [1.82, 2.24) is 4.90 Å². The van der Waals surface area contributed by atoms with E-state index in [0.717, 1.165) is 30.8 Å². The molecule has 0 N–H and O–H groups in total. The van der Waals surface area contributed by atoms with Crippen LogP contribution in [0.5, 0.6) is 0 Å². The van der Waals surface area contributed by atoms with Crippen LogP contribution in [0, 0.1) is 0 Å². The van der Waals surface area contributed by atoms with Gasteiger partial charge in [0.25, 0.3) is 0 Å². The zero-order chi connectivity index (χ0) is 11.8. The fraction of sp³-hybridized carbons (Fsp3) is 0.462. The van der Waals surface area contributed by atoms with Crippen molar-refractivity contribution in [3.8, 4) is 0 Å². The van der Waals surface area contributed by atoms with Crippen molar-refractivity contribution in [1.29, 1.82) is 0 Å². The summed E-state index contributed by atoms with van der Waals surface area (Å²) in [6.07, 6.45) is 4.86. The van der Waals surface area contributed by atoms with Crippen molar-refractivity contribution < 1.29 is 0 Å². The van der Waals surface area contributed by atoms with Crippen LogP contribution in [-0.4, -0.2) is 17.3 Å². The van der Waals surface area contributed by atoms with Gasteiger partial charge in [0.15, 0.2) is 0 Å². The first-order chi connectivity index (χ1) is 8.25. The second-order valence-corrected chi connectivity index (χ2v) is 5.40. The summed E-state index contributed by atoms with van der Waals surface area (Å²) in [5.41, 5.74) is 2.07. The van der Waals surface area contributed by atoms with E-state index in [2.05, 4.69) is 4.90 Å². The summed E-state index contributed by atoms with van der Waals surface area (Å²) in [6.45, 7) is 1.94. The van der Waals surface area contributed by atoms with Crippen molar-refractivity contribution in [3.05, 3.63) is 27.7 Å². The minimum Gasteiger partial charge on any atom is -0.356 e. The standard InChI is InChI=1S/C13H14Cl2N2.ClH/c14-10-5-6-11-9(13(10)15)8-17-7-3-1-2-4-12(17)16-11;/h5-6H,1-4,7-8H2;1H. The van der Waals surface area contributed by atoms with E-state index in [1.807, 2.05) is 12.1 Å². The van der Waals surface area contributed by atoms with Crippen LogP contribution in [0.15, 0.2) is 17.1 Å². The molecule has 98 valence electrons. The van der Waals surface area contributed by atoms with Crippen molar-refractivity contribution in [3.63, 3.8) is 0 Å². The Hall–Kier alpha value is -0.440. The summed E-state index contributed by atoms with van der Waals surface area (Å²) in [5, 5.41) is 1.29. The maximum Gasteiger partial charge on any atom is 0.105 e. The van der Waals surface area contributed by atoms with Gasteiger partial charge in [-0.3, -0.25) is 0 Å². The first-order valence-corrected chi connectivity index (χ1v) is 6.80. The maximum atomic E-state index is 6.26. The van der Waals surface area contributed by atoms with Crippen molar-refractivity contribution in [2.75, 3.05) is 6.54 Å². The third-order valence-corrected chi connectivity index (χ3v) is 4.31. The summed E-state index contributed by atoms with van der Waals surface area (Å²) in [5.74, 6) is 1.22. The van der Waals surface area contributed by atoms with Gasteiger partial charge in [0.05, 0.1) is 15.7 Å². The van der Waals surface area contributed by atoms with Crippen molar-refractivity contribution >= 4 is 47.1 Å². The summed E-state index contributed by atoms with van der Waals surface area (Å²) in [6, 6.07) is 3.80. The third kappa shape index (κ3) is 2.47. The highest BCUT2D eigenvalue weighted by molar-refractivity contribution is 6.42. The van der Waals surface area contributed by atoms with Gasteiger partial charge in [-0.1, -0.05) is 29.6 Å². The van der Waals surface area contributed by atoms with E-state index < -0.39 is 0 Å². The van der Waals surface area contributed by atoms with Crippen LogP contribution < -0.4 is 0 Å². The topological polar surface area (TPSA) is 15.6 Å². The van der Waals surface area contributed by atoms with E-state index in [1.54, 1.807) is 0 Å². The van der Waals surface area contributed by atoms with Crippen molar-refractivity contribution in [2.45, 2.75) is 32.2 Å². The lowest BCUT2D eigenvalue weighted by Gasteiger charge is -2.29. The number of nitrogens with zero attached hydrogens (tertiary/aromatic N) is 2. The third-order valence-electron chi connectivity index (χ3n) is 3.46. The summed E-state index contributed by atoms with van der Waals surface area (Å²) in [7, 11) is 0. The average molecular weight is 306 g/mol. The highest BCUT2D eigenvalue weighted by Gasteiger charge is 2.23. The monoisotopic (exact) mass is 304 g/mol. The zero-order valence-electron chi connectivity index (χ0n) is 9.96. The number of halogens is 3. The molecule has 1 fully saturated rings. The van der Waals surface area contributed by atoms with Crippen LogP contribution in [0.1, 0.15) is 31.2 Å². The molecule has 0 spiro atoms. The number of amidine groups is 1. The molecule has 2 aliphatic heterocycles. The molecule has 0 saturated carbocycles. The fourth-order valence-corrected chi connectivity index (χ4v) is 2.91. The molecule has 2 nitrogen and oxygen atoms in total. The Bertz CT molecular complexity index is 485. The predicted molar refractivity (Wildman–Crippen MR) is 79.7 cm³/mol. The predicted octanol–water partition coefficient (Wildman–Crippen LogP) is 4.83. The van der Waals surface area contributed by atoms with Gasteiger partial charge in [-0.2, -0.15) is 0 Å². The van der Waals surface area contributed by atoms with Crippen LogP contribution in [0.25, 0.3) is 0 Å². The average Bonchev–Trinajstić information content (AvgIpc) is 2.57. The molecule has 2 heterocycles. The van der Waals surface area contributed by atoms with Crippen molar-refractivity contribution in [2.24, 2.45) is 4.99 Å². The van der Waals surface area contributed by atoms with E-state index in [4.69, 9.17) is 28.2 Å². The highest BCUT2D eigenvalue weighted by atomic mass is 35.5. The van der Waals surface area contributed by atoms with Crippen LogP contribution in [0.3, 0.4) is 0 Å². The Kier molecular flexibility index (Phi) is 4.41. The second kappa shape index (κ2) is 5.68. The molecule has 0 atom stereocenters. The Labute approximate surface area is 123 Å². The molecule has 0 amide bonds. The van der Waals surface area contributed by atoms with E-state index in [-0.39, 0.29) is 12.4 Å². The smallest absolute Gasteiger partial charge is 0.105 e. The highest BCUT2D eigenvalue weighted by Crippen LogP contribution is 2.37. The van der Waals surface area contributed by atoms with Crippen LogP contribution in [0.2, 0.25) is 10.0 Å². The second-order valence-electron chi connectivity index (χ2n) is 4.62. The molecule has 3 rings (SSSR count). The molecule has 5 heteroatoms. The van der Waals surface area contributed by atoms with E-state index in [0.29, 0.717) is 10.0 Å². The quantitative estimate of drug-likeness (QED) is 0.670. The molecule has 18 heavy (non-hydrogen) atoms. The molecular formula is C13H15Cl3N2. The Morgan fingerprint density at radius 3 is 2.78 bits per heavy atom. The molecule has 1 aromatic carbocycles. The Morgan fingerprint density at radius 1 is 1.11 bits per heavy atom. The van der Waals surface area contributed by atoms with Gasteiger partial charge < -0.3 is 4.90 Å². The SMILES string of the molecule is Cl.Clc1ccc2c(c1Cl)CN1CCCCCC1=N2. The molecule has 2 aliphatic rings. The molecule has 1 saturated heterocycles. The van der Waals surface area contributed by atoms with Gasteiger partial charge in [0, 0.05) is 25.1 Å². The number of aliphatic imine (C=N–C) groups is 1. The molecule has 0 radical (unpaired) electrons. The zero-order valence-corrected chi connectivity index (χ0v) is 12.3.